The van der Waals surface area contributed by atoms with Crippen molar-refractivity contribution in [2.75, 3.05) is 0 Å². The number of H-pyrrole nitrogens is 1. The summed E-state index contributed by atoms with van der Waals surface area (Å²) in [7, 11) is 0. The van der Waals surface area contributed by atoms with Gasteiger partial charge in [-0.25, -0.2) is 9.37 Å². The first-order valence-electron chi connectivity index (χ1n) is 8.74. The minimum atomic E-state index is -0.817. The van der Waals surface area contributed by atoms with Gasteiger partial charge in [0.15, 0.2) is 5.76 Å². The Bertz CT molecular complexity index is 1150. The van der Waals surface area contributed by atoms with E-state index in [1.807, 2.05) is 6.07 Å². The van der Waals surface area contributed by atoms with Crippen molar-refractivity contribution in [2.24, 2.45) is 0 Å². The molecule has 4 rings (SSSR count). The molecule has 0 atom stereocenters. The van der Waals surface area contributed by atoms with Gasteiger partial charge < -0.3 is 14.7 Å². The van der Waals surface area contributed by atoms with Gasteiger partial charge in [0, 0.05) is 11.8 Å². The van der Waals surface area contributed by atoms with Crippen LogP contribution in [-0.2, 0) is 11.3 Å². The highest BCUT2D eigenvalue weighted by Gasteiger charge is 2.20. The van der Waals surface area contributed by atoms with Gasteiger partial charge in [-0.3, -0.25) is 14.6 Å². The lowest BCUT2D eigenvalue weighted by Gasteiger charge is -2.02. The Labute approximate surface area is 164 Å². The second kappa shape index (κ2) is 7.89. The molecule has 3 aromatic heterocycles. The molecule has 0 unspecified atom stereocenters. The van der Waals surface area contributed by atoms with Crippen molar-refractivity contribution in [2.45, 2.75) is 6.54 Å². The van der Waals surface area contributed by atoms with E-state index in [2.05, 4.69) is 20.3 Å². The van der Waals surface area contributed by atoms with E-state index in [1.165, 1.54) is 30.5 Å². The van der Waals surface area contributed by atoms with Crippen molar-refractivity contribution in [1.82, 2.24) is 20.3 Å². The number of rotatable bonds is 6. The van der Waals surface area contributed by atoms with E-state index < -0.39 is 17.5 Å². The van der Waals surface area contributed by atoms with Gasteiger partial charge in [0.05, 0.1) is 29.9 Å². The molecule has 8 heteroatoms. The zero-order valence-corrected chi connectivity index (χ0v) is 15.1. The SMILES string of the molecule is O=C(NCc1nc(-c2cccc(F)c2)c(-c2ccccn2)[nH]1)C(=O)c1ccco1. The minimum Gasteiger partial charge on any atom is -0.461 e. The molecule has 0 radical (unpaired) electrons. The lowest BCUT2D eigenvalue weighted by molar-refractivity contribution is -0.117. The van der Waals surface area contributed by atoms with Gasteiger partial charge in [-0.05, 0) is 36.4 Å². The molecular formula is C21H15FN4O3. The molecule has 1 amide bonds. The van der Waals surface area contributed by atoms with Crippen LogP contribution >= 0.6 is 0 Å². The maximum Gasteiger partial charge on any atom is 0.296 e. The van der Waals surface area contributed by atoms with Gasteiger partial charge in [-0.1, -0.05) is 18.2 Å². The summed E-state index contributed by atoms with van der Waals surface area (Å²) in [5.74, 6) is -1.64. The standard InChI is InChI=1S/C21H15FN4O3/c22-14-6-3-5-13(11-14)18-19(15-7-1-2-9-23-15)26-17(25-18)12-24-21(28)20(27)16-8-4-10-29-16/h1-11H,12H2,(H,24,28)(H,25,26). The van der Waals surface area contributed by atoms with Crippen molar-refractivity contribution >= 4 is 11.7 Å². The van der Waals surface area contributed by atoms with Gasteiger partial charge in [0.1, 0.15) is 11.6 Å². The number of nitrogens with zero attached hydrogens (tertiary/aromatic N) is 2. The number of furan rings is 1. The number of aromatic nitrogens is 3. The number of Topliss-reactive ketones (excluding diaryl/α,β-unsaturated/α-hetero) is 1. The summed E-state index contributed by atoms with van der Waals surface area (Å²) in [5, 5.41) is 2.51. The summed E-state index contributed by atoms with van der Waals surface area (Å²) < 4.78 is 18.7. The first-order valence-corrected chi connectivity index (χ1v) is 8.74. The van der Waals surface area contributed by atoms with Crippen LogP contribution in [0, 0.1) is 5.82 Å². The number of benzene rings is 1. The van der Waals surface area contributed by atoms with E-state index in [0.29, 0.717) is 28.5 Å². The molecule has 0 fully saturated rings. The fraction of sp³-hybridized carbons (Fsp3) is 0.0476. The van der Waals surface area contributed by atoms with Crippen LogP contribution in [0.15, 0.2) is 71.5 Å². The molecule has 7 nitrogen and oxygen atoms in total. The van der Waals surface area contributed by atoms with Crippen LogP contribution < -0.4 is 5.32 Å². The Hall–Kier alpha value is -4.07. The van der Waals surface area contributed by atoms with Crippen LogP contribution in [0.25, 0.3) is 22.6 Å². The van der Waals surface area contributed by atoms with Gasteiger partial charge in [0.2, 0.25) is 0 Å². The first kappa shape index (κ1) is 18.3. The maximum absolute atomic E-state index is 13.7. The number of pyridine rings is 1. The predicted octanol–water partition coefficient (Wildman–Crippen LogP) is 3.37. The molecule has 0 aliphatic carbocycles. The molecule has 0 spiro atoms. The van der Waals surface area contributed by atoms with Crippen LogP contribution in [0.1, 0.15) is 16.4 Å². The second-order valence-corrected chi connectivity index (χ2v) is 6.12. The largest absolute Gasteiger partial charge is 0.461 e. The van der Waals surface area contributed by atoms with E-state index in [4.69, 9.17) is 4.42 Å². The quantitative estimate of drug-likeness (QED) is 0.388. The number of halogens is 1. The van der Waals surface area contributed by atoms with Crippen LogP contribution in [-0.4, -0.2) is 26.6 Å². The average molecular weight is 390 g/mol. The van der Waals surface area contributed by atoms with E-state index in [-0.39, 0.29) is 12.3 Å². The number of amides is 1. The smallest absolute Gasteiger partial charge is 0.296 e. The fourth-order valence-corrected chi connectivity index (χ4v) is 2.81. The molecule has 29 heavy (non-hydrogen) atoms. The van der Waals surface area contributed by atoms with Crippen molar-refractivity contribution in [1.29, 1.82) is 0 Å². The summed E-state index contributed by atoms with van der Waals surface area (Å²) in [4.78, 5) is 35.9. The van der Waals surface area contributed by atoms with Crippen LogP contribution in [0.4, 0.5) is 4.39 Å². The van der Waals surface area contributed by atoms with E-state index in [0.717, 1.165) is 0 Å². The molecule has 2 N–H and O–H groups in total. The summed E-state index contributed by atoms with van der Waals surface area (Å²) in [6.07, 6.45) is 2.95. The van der Waals surface area contributed by atoms with Crippen molar-refractivity contribution < 1.29 is 18.4 Å². The molecule has 0 aliphatic rings. The molecule has 1 aromatic carbocycles. The molecule has 3 heterocycles. The number of imidazole rings is 1. The summed E-state index contributed by atoms with van der Waals surface area (Å²) in [6, 6.07) is 14.4. The van der Waals surface area contributed by atoms with E-state index in [9.17, 15) is 14.0 Å². The van der Waals surface area contributed by atoms with Crippen molar-refractivity contribution in [3.05, 3.63) is 84.5 Å². The summed E-state index contributed by atoms with van der Waals surface area (Å²) in [6.45, 7) is -0.0274. The first-order chi connectivity index (χ1) is 14.1. The maximum atomic E-state index is 13.7. The molecule has 4 aromatic rings. The van der Waals surface area contributed by atoms with Crippen LogP contribution in [0.2, 0.25) is 0 Å². The Morgan fingerprint density at radius 1 is 1.10 bits per heavy atom. The molecule has 144 valence electrons. The number of ketones is 1. The molecule has 0 bridgehead atoms. The highest BCUT2D eigenvalue weighted by Crippen LogP contribution is 2.29. The van der Waals surface area contributed by atoms with E-state index in [1.54, 1.807) is 30.5 Å². The third-order valence-electron chi connectivity index (χ3n) is 4.14. The normalized spacial score (nSPS) is 10.7. The minimum absolute atomic E-state index is 0.0274. The third-order valence-corrected chi connectivity index (χ3v) is 4.14. The monoisotopic (exact) mass is 390 g/mol. The molecule has 0 saturated heterocycles. The Morgan fingerprint density at radius 2 is 2.00 bits per heavy atom. The fourth-order valence-electron chi connectivity index (χ4n) is 2.81. The summed E-state index contributed by atoms with van der Waals surface area (Å²) >= 11 is 0. The molecular weight excluding hydrogens is 375 g/mol. The Morgan fingerprint density at radius 3 is 2.72 bits per heavy atom. The highest BCUT2D eigenvalue weighted by atomic mass is 19.1. The average Bonchev–Trinajstić information content (AvgIpc) is 3.42. The predicted molar refractivity (Wildman–Crippen MR) is 102 cm³/mol. The number of nitrogens with one attached hydrogen (secondary N) is 2. The second-order valence-electron chi connectivity index (χ2n) is 6.12. The van der Waals surface area contributed by atoms with Gasteiger partial charge >= 0.3 is 0 Å². The van der Waals surface area contributed by atoms with Crippen molar-refractivity contribution in [3.8, 4) is 22.6 Å². The van der Waals surface area contributed by atoms with Crippen LogP contribution in [0.5, 0.6) is 0 Å². The number of hydrogen-bond donors (Lipinski definition) is 2. The topological polar surface area (TPSA) is 101 Å². The lowest BCUT2D eigenvalue weighted by Crippen LogP contribution is -2.30. The Kier molecular flexibility index (Phi) is 4.98. The molecule has 0 saturated carbocycles. The number of hydrogen-bond acceptors (Lipinski definition) is 5. The van der Waals surface area contributed by atoms with E-state index >= 15 is 0 Å². The summed E-state index contributed by atoms with van der Waals surface area (Å²) in [5.41, 5.74) is 2.25. The van der Waals surface area contributed by atoms with Crippen molar-refractivity contribution in [3.63, 3.8) is 0 Å². The van der Waals surface area contributed by atoms with Gasteiger partial charge in [-0.15, -0.1) is 0 Å². The third kappa shape index (κ3) is 3.96. The zero-order valence-electron chi connectivity index (χ0n) is 15.1. The lowest BCUT2D eigenvalue weighted by atomic mass is 10.1. The zero-order chi connectivity index (χ0) is 20.2. The van der Waals surface area contributed by atoms with Crippen LogP contribution in [0.3, 0.4) is 0 Å². The Balaban J connectivity index is 1.61. The molecule has 0 aliphatic heterocycles. The number of aromatic amines is 1. The number of carbonyl (C=O) groups is 2. The highest BCUT2D eigenvalue weighted by molar-refractivity contribution is 6.41. The van der Waals surface area contributed by atoms with Gasteiger partial charge in [0.25, 0.3) is 11.7 Å². The number of carbonyl (C=O) groups excluding carboxylic acids is 2. The van der Waals surface area contributed by atoms with Gasteiger partial charge in [-0.2, -0.15) is 0 Å².